The van der Waals surface area contributed by atoms with E-state index in [1.165, 1.54) is 4.90 Å². The Labute approximate surface area is 159 Å². The summed E-state index contributed by atoms with van der Waals surface area (Å²) >= 11 is 0. The van der Waals surface area contributed by atoms with Crippen LogP contribution in [-0.2, 0) is 22.4 Å². The zero-order chi connectivity index (χ0) is 19.6. The summed E-state index contributed by atoms with van der Waals surface area (Å²) in [6.45, 7) is 0.0820. The minimum atomic E-state index is -1.01. The van der Waals surface area contributed by atoms with Gasteiger partial charge in [0.1, 0.15) is 6.54 Å². The summed E-state index contributed by atoms with van der Waals surface area (Å²) in [7, 11) is 3.13. The number of aryl methyl sites for hydroxylation is 1. The number of carbonyl (C=O) groups is 2. The van der Waals surface area contributed by atoms with Crippen LogP contribution in [-0.4, -0.2) is 49.2 Å². The van der Waals surface area contributed by atoms with E-state index in [9.17, 15) is 9.59 Å². The van der Waals surface area contributed by atoms with E-state index in [2.05, 4.69) is 0 Å². The molecule has 0 aromatic heterocycles. The highest BCUT2D eigenvalue weighted by molar-refractivity contribution is 5.81. The molecule has 6 heteroatoms. The smallest absolute Gasteiger partial charge is 0.323 e. The Morgan fingerprint density at radius 2 is 1.63 bits per heavy atom. The quantitative estimate of drug-likeness (QED) is 0.695. The van der Waals surface area contributed by atoms with E-state index in [1.807, 2.05) is 42.5 Å². The summed E-state index contributed by atoms with van der Waals surface area (Å²) < 4.78 is 10.5. The molecule has 0 fully saturated rings. The molecule has 0 unspecified atom stereocenters. The number of carbonyl (C=O) groups excluding carboxylic acids is 1. The number of nitrogens with zero attached hydrogens (tertiary/aromatic N) is 1. The van der Waals surface area contributed by atoms with E-state index in [-0.39, 0.29) is 18.9 Å². The zero-order valence-corrected chi connectivity index (χ0v) is 15.7. The van der Waals surface area contributed by atoms with Gasteiger partial charge in [0.05, 0.1) is 14.2 Å². The van der Waals surface area contributed by atoms with Crippen molar-refractivity contribution in [1.82, 2.24) is 4.90 Å². The average Bonchev–Trinajstić information content (AvgIpc) is 2.69. The third kappa shape index (κ3) is 6.33. The molecule has 0 saturated carbocycles. The van der Waals surface area contributed by atoms with Gasteiger partial charge in [-0.15, -0.1) is 0 Å². The summed E-state index contributed by atoms with van der Waals surface area (Å²) in [5.41, 5.74) is 2.00. The second kappa shape index (κ2) is 10.2. The number of aliphatic carboxylic acids is 1. The Balaban J connectivity index is 1.97. The van der Waals surface area contributed by atoms with Gasteiger partial charge in [-0.2, -0.15) is 0 Å². The first kappa shape index (κ1) is 20.3. The molecule has 0 saturated heterocycles. The van der Waals surface area contributed by atoms with Gasteiger partial charge in [-0.1, -0.05) is 36.4 Å². The summed E-state index contributed by atoms with van der Waals surface area (Å²) in [6.07, 6.45) is 1.36. The van der Waals surface area contributed by atoms with E-state index in [0.717, 1.165) is 11.1 Å². The van der Waals surface area contributed by atoms with Gasteiger partial charge < -0.3 is 19.5 Å². The number of rotatable bonds is 10. The topological polar surface area (TPSA) is 76.1 Å². The van der Waals surface area contributed by atoms with E-state index in [0.29, 0.717) is 30.9 Å². The average molecular weight is 371 g/mol. The molecule has 0 spiro atoms. The first-order valence-corrected chi connectivity index (χ1v) is 8.78. The van der Waals surface area contributed by atoms with Crippen LogP contribution in [0.5, 0.6) is 11.5 Å². The molecular weight excluding hydrogens is 346 g/mol. The van der Waals surface area contributed by atoms with E-state index in [1.54, 1.807) is 20.3 Å². The maximum absolute atomic E-state index is 12.6. The van der Waals surface area contributed by atoms with Crippen LogP contribution in [0.1, 0.15) is 17.5 Å². The maximum atomic E-state index is 12.6. The molecule has 2 aromatic carbocycles. The molecule has 2 rings (SSSR count). The number of methoxy groups -OCH3 is 2. The monoisotopic (exact) mass is 371 g/mol. The number of hydrogen-bond acceptors (Lipinski definition) is 4. The molecule has 0 heterocycles. The van der Waals surface area contributed by atoms with Gasteiger partial charge in [-0.05, 0) is 36.1 Å². The maximum Gasteiger partial charge on any atom is 0.323 e. The van der Waals surface area contributed by atoms with Crippen molar-refractivity contribution in [2.45, 2.75) is 19.3 Å². The lowest BCUT2D eigenvalue weighted by molar-refractivity contribution is -0.144. The van der Waals surface area contributed by atoms with Crippen molar-refractivity contribution in [3.8, 4) is 11.5 Å². The molecular formula is C21H25NO5. The molecule has 0 aliphatic heterocycles. The van der Waals surface area contributed by atoms with Crippen molar-refractivity contribution in [3.05, 3.63) is 59.7 Å². The number of carboxylic acid groups (broad SMARTS) is 1. The summed E-state index contributed by atoms with van der Waals surface area (Å²) in [4.78, 5) is 25.1. The first-order chi connectivity index (χ1) is 13.0. The Bertz CT molecular complexity index is 760. The predicted molar refractivity (Wildman–Crippen MR) is 102 cm³/mol. The minimum Gasteiger partial charge on any atom is -0.493 e. The van der Waals surface area contributed by atoms with Gasteiger partial charge in [-0.3, -0.25) is 9.59 Å². The zero-order valence-electron chi connectivity index (χ0n) is 15.7. The standard InChI is InChI=1S/C21H25NO5/c1-26-18-10-8-17(14-19(18)27-2)9-11-20(23)22(15-21(24)25)13-12-16-6-4-3-5-7-16/h3-8,10,14H,9,11-13,15H2,1-2H3,(H,24,25). The highest BCUT2D eigenvalue weighted by Crippen LogP contribution is 2.28. The predicted octanol–water partition coefficient (Wildman–Crippen LogP) is 2.79. The Kier molecular flexibility index (Phi) is 7.67. The van der Waals surface area contributed by atoms with Gasteiger partial charge in [0.2, 0.25) is 5.91 Å². The van der Waals surface area contributed by atoms with Crippen LogP contribution in [0.25, 0.3) is 0 Å². The lowest BCUT2D eigenvalue weighted by Gasteiger charge is -2.21. The van der Waals surface area contributed by atoms with Crippen molar-refractivity contribution in [2.75, 3.05) is 27.3 Å². The molecule has 0 radical (unpaired) electrons. The van der Waals surface area contributed by atoms with E-state index >= 15 is 0 Å². The van der Waals surface area contributed by atoms with Gasteiger partial charge in [-0.25, -0.2) is 0 Å². The second-order valence-corrected chi connectivity index (χ2v) is 6.13. The van der Waals surface area contributed by atoms with E-state index < -0.39 is 5.97 Å². The van der Waals surface area contributed by atoms with Gasteiger partial charge in [0.15, 0.2) is 11.5 Å². The molecule has 0 aliphatic rings. The van der Waals surface area contributed by atoms with Crippen LogP contribution in [0.3, 0.4) is 0 Å². The molecule has 6 nitrogen and oxygen atoms in total. The number of benzene rings is 2. The Hall–Kier alpha value is -3.02. The molecule has 1 amide bonds. The Morgan fingerprint density at radius 3 is 2.26 bits per heavy atom. The van der Waals surface area contributed by atoms with Gasteiger partial charge in [0, 0.05) is 13.0 Å². The van der Waals surface area contributed by atoms with Crippen molar-refractivity contribution >= 4 is 11.9 Å². The lowest BCUT2D eigenvalue weighted by Crippen LogP contribution is -2.37. The summed E-state index contributed by atoms with van der Waals surface area (Å²) in [5, 5.41) is 9.12. The molecule has 1 N–H and O–H groups in total. The minimum absolute atomic E-state index is 0.178. The van der Waals surface area contributed by atoms with Crippen LogP contribution >= 0.6 is 0 Å². The molecule has 2 aromatic rings. The third-order valence-corrected chi connectivity index (χ3v) is 4.27. The fourth-order valence-electron chi connectivity index (χ4n) is 2.81. The second-order valence-electron chi connectivity index (χ2n) is 6.13. The van der Waals surface area contributed by atoms with Crippen LogP contribution in [0.15, 0.2) is 48.5 Å². The largest absolute Gasteiger partial charge is 0.493 e. The number of ether oxygens (including phenoxy) is 2. The van der Waals surface area contributed by atoms with Crippen molar-refractivity contribution in [3.63, 3.8) is 0 Å². The van der Waals surface area contributed by atoms with Crippen molar-refractivity contribution < 1.29 is 24.2 Å². The Morgan fingerprint density at radius 1 is 0.926 bits per heavy atom. The normalized spacial score (nSPS) is 10.3. The fraction of sp³-hybridized carbons (Fsp3) is 0.333. The van der Waals surface area contributed by atoms with Gasteiger partial charge in [0.25, 0.3) is 0 Å². The first-order valence-electron chi connectivity index (χ1n) is 8.78. The molecule has 144 valence electrons. The third-order valence-electron chi connectivity index (χ3n) is 4.27. The highest BCUT2D eigenvalue weighted by Gasteiger charge is 2.17. The lowest BCUT2D eigenvalue weighted by atomic mass is 10.1. The number of carboxylic acids is 1. The van der Waals surface area contributed by atoms with Crippen molar-refractivity contribution in [1.29, 1.82) is 0 Å². The van der Waals surface area contributed by atoms with E-state index in [4.69, 9.17) is 14.6 Å². The fourth-order valence-corrected chi connectivity index (χ4v) is 2.81. The number of hydrogen-bond donors (Lipinski definition) is 1. The van der Waals surface area contributed by atoms with Crippen molar-refractivity contribution in [2.24, 2.45) is 0 Å². The molecule has 0 aliphatic carbocycles. The van der Waals surface area contributed by atoms with Crippen LogP contribution < -0.4 is 9.47 Å². The van der Waals surface area contributed by atoms with Crippen LogP contribution in [0, 0.1) is 0 Å². The SMILES string of the molecule is COc1ccc(CCC(=O)N(CCc2ccccc2)CC(=O)O)cc1OC. The van der Waals surface area contributed by atoms with Crippen LogP contribution in [0.4, 0.5) is 0 Å². The summed E-state index contributed by atoms with van der Waals surface area (Å²) in [5.74, 6) is 0.0440. The highest BCUT2D eigenvalue weighted by atomic mass is 16.5. The molecule has 27 heavy (non-hydrogen) atoms. The molecule has 0 bridgehead atoms. The summed E-state index contributed by atoms with van der Waals surface area (Å²) in [6, 6.07) is 15.2. The van der Waals surface area contributed by atoms with Gasteiger partial charge >= 0.3 is 5.97 Å². The van der Waals surface area contributed by atoms with Crippen LogP contribution in [0.2, 0.25) is 0 Å². The number of amides is 1. The molecule has 0 atom stereocenters.